The predicted octanol–water partition coefficient (Wildman–Crippen LogP) is 4.30. The van der Waals surface area contributed by atoms with Gasteiger partial charge in [0.25, 0.3) is 0 Å². The fraction of sp³-hybridized carbons (Fsp3) is 0. The second-order valence-electron chi connectivity index (χ2n) is 5.32. The van der Waals surface area contributed by atoms with Crippen LogP contribution in [0.15, 0.2) is 60.9 Å². The summed E-state index contributed by atoms with van der Waals surface area (Å²) in [6, 6.07) is 15.6. The predicted molar refractivity (Wildman–Crippen MR) is 89.4 cm³/mol. The molecule has 0 aliphatic carbocycles. The summed E-state index contributed by atoms with van der Waals surface area (Å²) >= 11 is 0. The summed E-state index contributed by atoms with van der Waals surface area (Å²) in [5, 5.41) is 9.14. The van der Waals surface area contributed by atoms with E-state index in [4.69, 9.17) is 5.26 Å². The van der Waals surface area contributed by atoms with E-state index >= 15 is 0 Å². The highest BCUT2D eigenvalue weighted by Gasteiger charge is 2.16. The molecule has 4 aromatic rings. The van der Waals surface area contributed by atoms with Crippen molar-refractivity contribution in [3.05, 3.63) is 72.4 Å². The molecule has 3 heterocycles. The Hall–Kier alpha value is -3.52. The summed E-state index contributed by atoms with van der Waals surface area (Å²) in [5.74, 6) is -0.287. The van der Waals surface area contributed by atoms with Crippen molar-refractivity contribution in [2.45, 2.75) is 0 Å². The molecule has 3 aromatic heterocycles. The molecule has 0 unspecified atom stereocenters. The molecule has 1 aromatic carbocycles. The number of hydrogen-bond donors (Lipinski definition) is 1. The third-order valence-electron chi connectivity index (χ3n) is 3.86. The van der Waals surface area contributed by atoms with Gasteiger partial charge in [-0.2, -0.15) is 5.26 Å². The van der Waals surface area contributed by atoms with Gasteiger partial charge in [-0.25, -0.2) is 9.37 Å². The van der Waals surface area contributed by atoms with Crippen molar-refractivity contribution < 1.29 is 4.39 Å². The van der Waals surface area contributed by atoms with E-state index in [0.717, 1.165) is 27.9 Å². The zero-order valence-corrected chi connectivity index (χ0v) is 12.5. The lowest BCUT2D eigenvalue weighted by Crippen LogP contribution is -1.86. The number of benzene rings is 1. The van der Waals surface area contributed by atoms with Crippen LogP contribution in [-0.2, 0) is 0 Å². The number of halogens is 1. The first kappa shape index (κ1) is 14.1. The van der Waals surface area contributed by atoms with E-state index in [0.29, 0.717) is 11.2 Å². The third kappa shape index (κ3) is 2.31. The van der Waals surface area contributed by atoms with Gasteiger partial charge in [0.1, 0.15) is 17.6 Å². The molecule has 1 N–H and O–H groups in total. The van der Waals surface area contributed by atoms with Gasteiger partial charge in [0.15, 0.2) is 0 Å². The molecule has 5 heteroatoms. The van der Waals surface area contributed by atoms with E-state index in [1.165, 1.54) is 12.1 Å². The van der Waals surface area contributed by atoms with E-state index in [2.05, 4.69) is 21.0 Å². The smallest absolute Gasteiger partial charge is 0.141 e. The lowest BCUT2D eigenvalue weighted by Gasteiger charge is -2.05. The first-order valence-electron chi connectivity index (χ1n) is 7.35. The molecule has 0 amide bonds. The second kappa shape index (κ2) is 5.60. The summed E-state index contributed by atoms with van der Waals surface area (Å²) in [6.45, 7) is 0. The average molecular weight is 314 g/mol. The maximum absolute atomic E-state index is 13.3. The molecule has 114 valence electrons. The average Bonchev–Trinajstić information content (AvgIpc) is 3.01. The molecule has 0 atom stereocenters. The molecular formula is C19H11FN4. The Bertz CT molecular complexity index is 1060. The van der Waals surface area contributed by atoms with Crippen LogP contribution in [0.25, 0.3) is 33.4 Å². The van der Waals surface area contributed by atoms with Crippen molar-refractivity contribution in [1.82, 2.24) is 15.0 Å². The SMILES string of the molecule is N#Cc1ccc2[nH]c(-c3ccc(F)cc3)c(-c3ccncc3)c2n1. The van der Waals surface area contributed by atoms with Crippen LogP contribution in [0.1, 0.15) is 5.69 Å². The van der Waals surface area contributed by atoms with Gasteiger partial charge < -0.3 is 4.98 Å². The number of aromatic amines is 1. The standard InChI is InChI=1S/C19H11FN4/c20-14-3-1-13(2-4-14)18-17(12-7-9-22-10-8-12)19-16(24-18)6-5-15(11-21)23-19/h1-10,24H. The van der Waals surface area contributed by atoms with Gasteiger partial charge in [-0.1, -0.05) is 0 Å². The minimum Gasteiger partial charge on any atom is -0.353 e. The fourth-order valence-corrected chi connectivity index (χ4v) is 2.76. The Balaban J connectivity index is 2.06. The highest BCUT2D eigenvalue weighted by molar-refractivity contribution is 6.01. The third-order valence-corrected chi connectivity index (χ3v) is 3.86. The van der Waals surface area contributed by atoms with Gasteiger partial charge in [0, 0.05) is 18.0 Å². The van der Waals surface area contributed by atoms with Crippen LogP contribution < -0.4 is 0 Å². The number of pyridine rings is 2. The largest absolute Gasteiger partial charge is 0.353 e. The van der Waals surface area contributed by atoms with E-state index in [1.807, 2.05) is 18.2 Å². The second-order valence-corrected chi connectivity index (χ2v) is 5.32. The quantitative estimate of drug-likeness (QED) is 0.600. The molecular weight excluding hydrogens is 303 g/mol. The van der Waals surface area contributed by atoms with Crippen molar-refractivity contribution in [2.24, 2.45) is 0 Å². The van der Waals surface area contributed by atoms with Gasteiger partial charge in [-0.15, -0.1) is 0 Å². The number of fused-ring (bicyclic) bond motifs is 1. The summed E-state index contributed by atoms with van der Waals surface area (Å²) in [5.41, 5.74) is 5.36. The van der Waals surface area contributed by atoms with Crippen LogP contribution >= 0.6 is 0 Å². The summed E-state index contributed by atoms with van der Waals surface area (Å²) in [6.07, 6.45) is 3.41. The molecule has 0 radical (unpaired) electrons. The lowest BCUT2D eigenvalue weighted by atomic mass is 10.0. The molecule has 4 nitrogen and oxygen atoms in total. The monoisotopic (exact) mass is 314 g/mol. The Labute approximate surface area is 137 Å². The number of nitriles is 1. The zero-order chi connectivity index (χ0) is 16.5. The Morgan fingerprint density at radius 1 is 0.917 bits per heavy atom. The van der Waals surface area contributed by atoms with Crippen molar-refractivity contribution in [3.8, 4) is 28.5 Å². The van der Waals surface area contributed by atoms with E-state index in [9.17, 15) is 4.39 Å². The molecule has 0 saturated carbocycles. The Morgan fingerprint density at radius 3 is 2.38 bits per heavy atom. The number of nitrogens with one attached hydrogen (secondary N) is 1. The van der Waals surface area contributed by atoms with Gasteiger partial charge in [-0.05, 0) is 59.7 Å². The zero-order valence-electron chi connectivity index (χ0n) is 12.5. The molecule has 0 bridgehead atoms. The normalized spacial score (nSPS) is 10.7. The van der Waals surface area contributed by atoms with Crippen LogP contribution in [0, 0.1) is 17.1 Å². The highest BCUT2D eigenvalue weighted by atomic mass is 19.1. The van der Waals surface area contributed by atoms with Gasteiger partial charge >= 0.3 is 0 Å². The minimum atomic E-state index is -0.287. The Kier molecular flexibility index (Phi) is 3.29. The summed E-state index contributed by atoms with van der Waals surface area (Å²) in [4.78, 5) is 11.8. The fourth-order valence-electron chi connectivity index (χ4n) is 2.76. The summed E-state index contributed by atoms with van der Waals surface area (Å²) in [7, 11) is 0. The maximum Gasteiger partial charge on any atom is 0.141 e. The topological polar surface area (TPSA) is 65.4 Å². The maximum atomic E-state index is 13.3. The molecule has 0 fully saturated rings. The van der Waals surface area contributed by atoms with Crippen molar-refractivity contribution in [3.63, 3.8) is 0 Å². The van der Waals surface area contributed by atoms with Crippen molar-refractivity contribution in [1.29, 1.82) is 5.26 Å². The van der Waals surface area contributed by atoms with E-state index < -0.39 is 0 Å². The number of aromatic nitrogens is 3. The lowest BCUT2D eigenvalue weighted by molar-refractivity contribution is 0.628. The van der Waals surface area contributed by atoms with Crippen molar-refractivity contribution in [2.75, 3.05) is 0 Å². The van der Waals surface area contributed by atoms with Crippen molar-refractivity contribution >= 4 is 11.0 Å². The first-order chi connectivity index (χ1) is 11.8. The number of hydrogen-bond acceptors (Lipinski definition) is 3. The molecule has 24 heavy (non-hydrogen) atoms. The van der Waals surface area contributed by atoms with E-state index in [1.54, 1.807) is 30.6 Å². The van der Waals surface area contributed by atoms with Gasteiger partial charge in [0.2, 0.25) is 0 Å². The van der Waals surface area contributed by atoms with E-state index in [-0.39, 0.29) is 5.82 Å². The molecule has 0 saturated heterocycles. The van der Waals surface area contributed by atoms with Crippen LogP contribution in [0.2, 0.25) is 0 Å². The van der Waals surface area contributed by atoms with Crippen LogP contribution in [0.4, 0.5) is 4.39 Å². The minimum absolute atomic E-state index is 0.287. The summed E-state index contributed by atoms with van der Waals surface area (Å²) < 4.78 is 13.3. The molecule has 0 aliphatic heterocycles. The van der Waals surface area contributed by atoms with Gasteiger partial charge in [-0.3, -0.25) is 4.98 Å². The van der Waals surface area contributed by atoms with Crippen LogP contribution in [0.5, 0.6) is 0 Å². The molecule has 0 spiro atoms. The number of H-pyrrole nitrogens is 1. The molecule has 4 rings (SSSR count). The highest BCUT2D eigenvalue weighted by Crippen LogP contribution is 2.37. The number of rotatable bonds is 2. The van der Waals surface area contributed by atoms with Gasteiger partial charge in [0.05, 0.1) is 16.7 Å². The Morgan fingerprint density at radius 2 is 1.67 bits per heavy atom. The molecule has 0 aliphatic rings. The van der Waals surface area contributed by atoms with Crippen LogP contribution in [-0.4, -0.2) is 15.0 Å². The van der Waals surface area contributed by atoms with Crippen LogP contribution in [0.3, 0.4) is 0 Å². The first-order valence-corrected chi connectivity index (χ1v) is 7.35. The number of nitrogens with zero attached hydrogens (tertiary/aromatic N) is 3.